The number of esters is 2. The van der Waals surface area contributed by atoms with Crippen molar-refractivity contribution in [2.45, 2.75) is 112 Å². The molecule has 0 rings (SSSR count). The largest absolute Gasteiger partial charge is 0.463 e. The average molecular weight is 411 g/mol. The number of ether oxygens (including phenoxy) is 2. The van der Waals surface area contributed by atoms with E-state index in [0.29, 0.717) is 18.8 Å². The number of carbonyl (C=O) groups excluding carboxylic acids is 2. The molecule has 0 unspecified atom stereocenters. The summed E-state index contributed by atoms with van der Waals surface area (Å²) < 4.78 is 9.87. The second kappa shape index (κ2) is 22.7. The fourth-order valence-electron chi connectivity index (χ4n) is 2.57. The first kappa shape index (κ1) is 29.6. The number of unbranched alkanes of at least 4 members (excludes halogenated alkanes) is 10. The van der Waals surface area contributed by atoms with E-state index in [9.17, 15) is 9.59 Å². The molecule has 0 aliphatic heterocycles. The molecule has 4 heteroatoms. The third-order valence-electron chi connectivity index (χ3n) is 4.44. The van der Waals surface area contributed by atoms with Gasteiger partial charge in [0, 0.05) is 11.1 Å². The highest BCUT2D eigenvalue weighted by atomic mass is 16.5. The molecule has 0 spiro atoms. The van der Waals surface area contributed by atoms with E-state index >= 15 is 0 Å². The van der Waals surface area contributed by atoms with Gasteiger partial charge in [-0.2, -0.15) is 0 Å². The van der Waals surface area contributed by atoms with Crippen molar-refractivity contribution in [3.05, 3.63) is 23.8 Å². The summed E-state index contributed by atoms with van der Waals surface area (Å²) in [5.74, 6) is -0.441. The first-order chi connectivity index (χ1) is 13.9. The van der Waals surface area contributed by atoms with Crippen LogP contribution in [0.3, 0.4) is 0 Å². The molecule has 29 heavy (non-hydrogen) atoms. The van der Waals surface area contributed by atoms with E-state index in [1.807, 2.05) is 19.9 Å². The zero-order valence-corrected chi connectivity index (χ0v) is 19.8. The molecular weight excluding hydrogens is 364 g/mol. The van der Waals surface area contributed by atoms with Gasteiger partial charge in [-0.3, -0.25) is 0 Å². The Balaban J connectivity index is 0. The van der Waals surface area contributed by atoms with Crippen molar-refractivity contribution in [1.82, 2.24) is 0 Å². The van der Waals surface area contributed by atoms with E-state index in [1.165, 1.54) is 57.8 Å². The van der Waals surface area contributed by atoms with Gasteiger partial charge in [0.05, 0.1) is 13.2 Å². The Morgan fingerprint density at radius 2 is 1.24 bits per heavy atom. The van der Waals surface area contributed by atoms with Crippen LogP contribution in [0.1, 0.15) is 112 Å². The highest BCUT2D eigenvalue weighted by Gasteiger charge is 2.03. The molecule has 0 aliphatic rings. The van der Waals surface area contributed by atoms with Crippen LogP contribution in [-0.4, -0.2) is 25.2 Å². The molecule has 0 radical (unpaired) electrons. The lowest BCUT2D eigenvalue weighted by Gasteiger charge is -2.04. The molecule has 0 fully saturated rings. The fraction of sp³-hybridized carbons (Fsp3) is 0.760. The molecule has 0 aliphatic carbocycles. The summed E-state index contributed by atoms with van der Waals surface area (Å²) in [6, 6.07) is 0. The normalized spacial score (nSPS) is 10.7. The lowest BCUT2D eigenvalue weighted by atomic mass is 10.1. The molecule has 0 aromatic rings. The summed E-state index contributed by atoms with van der Waals surface area (Å²) in [6.07, 6.45) is 16.6. The Labute approximate surface area is 180 Å². The first-order valence-electron chi connectivity index (χ1n) is 11.6. The van der Waals surface area contributed by atoms with Crippen molar-refractivity contribution in [1.29, 1.82) is 0 Å². The number of allylic oxidation sites excluding steroid dienone is 1. The van der Waals surface area contributed by atoms with Crippen LogP contribution in [0, 0.1) is 0 Å². The lowest BCUT2D eigenvalue weighted by molar-refractivity contribution is -0.139. The molecule has 0 aromatic carbocycles. The molecule has 0 N–H and O–H groups in total. The molecule has 0 saturated heterocycles. The monoisotopic (exact) mass is 410 g/mol. The van der Waals surface area contributed by atoms with Crippen molar-refractivity contribution in [3.63, 3.8) is 0 Å². The summed E-state index contributed by atoms with van der Waals surface area (Å²) in [6.45, 7) is 14.3. The predicted octanol–water partition coefficient (Wildman–Crippen LogP) is 7.32. The summed E-state index contributed by atoms with van der Waals surface area (Å²) in [7, 11) is 0. The standard InChI is InChI=1S/C13H24O2.C12H22O2/c1-4-5-6-7-8-9-10-11-15-13(14)12(2)3;1-4-6-7-8-9-10-11(3)12(13)14-5-2/h2,4-11H2,1,3H3;10H,4-9H2,1-3H3. The Morgan fingerprint density at radius 1 is 0.724 bits per heavy atom. The van der Waals surface area contributed by atoms with Crippen LogP contribution < -0.4 is 0 Å². The molecule has 0 saturated carbocycles. The maximum atomic E-state index is 11.2. The lowest BCUT2D eigenvalue weighted by Crippen LogP contribution is -2.05. The highest BCUT2D eigenvalue weighted by molar-refractivity contribution is 5.87. The third-order valence-corrected chi connectivity index (χ3v) is 4.44. The quantitative estimate of drug-likeness (QED) is 0.152. The Kier molecular flexibility index (Phi) is 23.2. The van der Waals surface area contributed by atoms with Crippen molar-refractivity contribution in [2.24, 2.45) is 0 Å². The molecular formula is C25H46O4. The van der Waals surface area contributed by atoms with Crippen LogP contribution in [0.2, 0.25) is 0 Å². The van der Waals surface area contributed by atoms with E-state index in [4.69, 9.17) is 9.47 Å². The van der Waals surface area contributed by atoms with Gasteiger partial charge in [0.1, 0.15) is 0 Å². The number of rotatable bonds is 16. The van der Waals surface area contributed by atoms with E-state index in [-0.39, 0.29) is 11.9 Å². The topological polar surface area (TPSA) is 52.6 Å². The second-order valence-electron chi connectivity index (χ2n) is 7.49. The van der Waals surface area contributed by atoms with Crippen molar-refractivity contribution in [2.75, 3.05) is 13.2 Å². The van der Waals surface area contributed by atoms with E-state index in [2.05, 4.69) is 20.4 Å². The van der Waals surface area contributed by atoms with Crippen LogP contribution in [-0.2, 0) is 19.1 Å². The molecule has 170 valence electrons. The zero-order valence-electron chi connectivity index (χ0n) is 19.8. The van der Waals surface area contributed by atoms with Gasteiger partial charge < -0.3 is 9.47 Å². The number of hydrogen-bond acceptors (Lipinski definition) is 4. The molecule has 0 heterocycles. The predicted molar refractivity (Wildman–Crippen MR) is 123 cm³/mol. The number of hydrogen-bond donors (Lipinski definition) is 0. The minimum atomic E-state index is -0.263. The van der Waals surface area contributed by atoms with Gasteiger partial charge in [0.2, 0.25) is 0 Å². The summed E-state index contributed by atoms with van der Waals surface area (Å²) >= 11 is 0. The van der Waals surface area contributed by atoms with Crippen molar-refractivity contribution >= 4 is 11.9 Å². The maximum absolute atomic E-state index is 11.2. The third kappa shape index (κ3) is 22.6. The average Bonchev–Trinajstić information content (AvgIpc) is 2.70. The van der Waals surface area contributed by atoms with Gasteiger partial charge >= 0.3 is 11.9 Å². The van der Waals surface area contributed by atoms with E-state index in [1.54, 1.807) is 6.92 Å². The molecule has 0 bridgehead atoms. The second-order valence-corrected chi connectivity index (χ2v) is 7.49. The first-order valence-corrected chi connectivity index (χ1v) is 11.6. The smallest absolute Gasteiger partial charge is 0.333 e. The molecule has 0 aromatic heterocycles. The Morgan fingerprint density at radius 3 is 1.76 bits per heavy atom. The van der Waals surface area contributed by atoms with Gasteiger partial charge in [-0.05, 0) is 40.0 Å². The Hall–Kier alpha value is -1.58. The SMILES string of the molecule is C=C(C)C(=O)OCCCCCCCCC.CCCCCCC=C(C)C(=O)OCC. The molecule has 0 amide bonds. The Bertz CT molecular complexity index is 452. The van der Waals surface area contributed by atoms with Crippen molar-refractivity contribution in [3.8, 4) is 0 Å². The van der Waals surface area contributed by atoms with Gasteiger partial charge in [0.15, 0.2) is 0 Å². The van der Waals surface area contributed by atoms with Crippen LogP contribution in [0.4, 0.5) is 0 Å². The van der Waals surface area contributed by atoms with Crippen molar-refractivity contribution < 1.29 is 19.1 Å². The fourth-order valence-corrected chi connectivity index (χ4v) is 2.57. The van der Waals surface area contributed by atoms with Gasteiger partial charge in [-0.15, -0.1) is 0 Å². The van der Waals surface area contributed by atoms with Crippen LogP contribution in [0.5, 0.6) is 0 Å². The maximum Gasteiger partial charge on any atom is 0.333 e. The number of carbonyl (C=O) groups is 2. The molecule has 4 nitrogen and oxygen atoms in total. The minimum Gasteiger partial charge on any atom is -0.463 e. The summed E-state index contributed by atoms with van der Waals surface area (Å²) in [4.78, 5) is 22.2. The summed E-state index contributed by atoms with van der Waals surface area (Å²) in [5.41, 5.74) is 1.22. The van der Waals surface area contributed by atoms with Gasteiger partial charge in [-0.25, -0.2) is 9.59 Å². The van der Waals surface area contributed by atoms with Crippen LogP contribution in [0.15, 0.2) is 23.8 Å². The van der Waals surface area contributed by atoms with Gasteiger partial charge in [0.25, 0.3) is 0 Å². The van der Waals surface area contributed by atoms with E-state index in [0.717, 1.165) is 24.8 Å². The van der Waals surface area contributed by atoms with Crippen LogP contribution >= 0.6 is 0 Å². The minimum absolute atomic E-state index is 0.178. The van der Waals surface area contributed by atoms with Gasteiger partial charge in [-0.1, -0.05) is 84.3 Å². The van der Waals surface area contributed by atoms with E-state index < -0.39 is 0 Å². The zero-order chi connectivity index (χ0) is 22.3. The highest BCUT2D eigenvalue weighted by Crippen LogP contribution is 2.07. The van der Waals surface area contributed by atoms with Crippen LogP contribution in [0.25, 0.3) is 0 Å². The summed E-state index contributed by atoms with van der Waals surface area (Å²) in [5, 5.41) is 0. The molecule has 0 atom stereocenters.